The molecule has 7 heteroatoms. The lowest BCUT2D eigenvalue weighted by atomic mass is 9.99. The maximum Gasteiger partial charge on any atom is 0.302 e. The summed E-state index contributed by atoms with van der Waals surface area (Å²) in [6, 6.07) is 7.97. The second-order valence-corrected chi connectivity index (χ2v) is 7.49. The smallest absolute Gasteiger partial charge is 0.302 e. The van der Waals surface area contributed by atoms with Crippen LogP contribution in [0.2, 0.25) is 0 Å². The second-order valence-electron chi connectivity index (χ2n) is 7.49. The lowest BCUT2D eigenvalue weighted by molar-refractivity contribution is 0.107. The van der Waals surface area contributed by atoms with E-state index in [4.69, 9.17) is 16.3 Å². The predicted molar refractivity (Wildman–Crippen MR) is 111 cm³/mol. The molecular formula is C22H25N5O2. The summed E-state index contributed by atoms with van der Waals surface area (Å²) in [6.45, 7) is 12.6. The summed E-state index contributed by atoms with van der Waals surface area (Å²) in [5.41, 5.74) is 4.17. The normalized spacial score (nSPS) is 17.3. The van der Waals surface area contributed by atoms with Crippen molar-refractivity contribution in [3.05, 3.63) is 53.6 Å². The van der Waals surface area contributed by atoms with E-state index in [1.807, 2.05) is 29.7 Å². The lowest BCUT2D eigenvalue weighted by Crippen LogP contribution is -2.39. The molecule has 1 atom stereocenters. The van der Waals surface area contributed by atoms with Crippen molar-refractivity contribution in [1.29, 1.82) is 0 Å². The maximum absolute atomic E-state index is 9.20. The number of fused-ring (bicyclic) bond motifs is 1. The Morgan fingerprint density at radius 3 is 2.90 bits per heavy atom. The molecule has 1 N–H and O–H groups in total. The molecule has 0 aliphatic carbocycles. The van der Waals surface area contributed by atoms with Gasteiger partial charge in [0.05, 0.1) is 25.5 Å². The number of benzene rings is 1. The van der Waals surface area contributed by atoms with Gasteiger partial charge in [-0.15, -0.1) is 0 Å². The molecule has 150 valence electrons. The summed E-state index contributed by atoms with van der Waals surface area (Å²) in [5.74, 6) is 0.415. The van der Waals surface area contributed by atoms with E-state index >= 15 is 0 Å². The number of hydrogen-bond acceptors (Lipinski definition) is 5. The predicted octanol–water partition coefficient (Wildman–Crippen LogP) is 3.34. The summed E-state index contributed by atoms with van der Waals surface area (Å²) >= 11 is 0. The molecule has 0 saturated carbocycles. The molecule has 2 aromatic heterocycles. The number of likely N-dealkylation sites (tertiary alicyclic amines) is 1. The van der Waals surface area contributed by atoms with E-state index < -0.39 is 0 Å². The zero-order valence-electron chi connectivity index (χ0n) is 16.6. The number of β-amino-alcohol motifs (C(OH)–C–C–N with tert-alkyl or cyclic N) is 1. The Bertz CT molecular complexity index is 1020. The van der Waals surface area contributed by atoms with Gasteiger partial charge in [-0.05, 0) is 31.9 Å². The first-order valence-corrected chi connectivity index (χ1v) is 9.97. The van der Waals surface area contributed by atoms with Crippen molar-refractivity contribution in [3.63, 3.8) is 0 Å². The molecule has 1 fully saturated rings. The van der Waals surface area contributed by atoms with Gasteiger partial charge in [0.15, 0.2) is 5.69 Å². The van der Waals surface area contributed by atoms with Crippen LogP contribution in [0.5, 0.6) is 6.01 Å². The minimum Gasteiger partial charge on any atom is -0.464 e. The van der Waals surface area contributed by atoms with E-state index in [0.717, 1.165) is 54.9 Å². The molecule has 1 aliphatic heterocycles. The van der Waals surface area contributed by atoms with Crippen molar-refractivity contribution >= 4 is 11.3 Å². The molecule has 4 rings (SSSR count). The van der Waals surface area contributed by atoms with E-state index in [2.05, 4.69) is 14.7 Å². The van der Waals surface area contributed by atoms with Gasteiger partial charge in [0.25, 0.3) is 0 Å². The minimum atomic E-state index is 0.193. The van der Waals surface area contributed by atoms with Gasteiger partial charge in [-0.2, -0.15) is 4.98 Å². The third-order valence-electron chi connectivity index (χ3n) is 5.48. The van der Waals surface area contributed by atoms with Crippen LogP contribution in [0.15, 0.2) is 36.7 Å². The van der Waals surface area contributed by atoms with Gasteiger partial charge >= 0.3 is 6.01 Å². The molecule has 0 bridgehead atoms. The molecule has 1 unspecified atom stereocenters. The fourth-order valence-electron chi connectivity index (χ4n) is 3.98. The Labute approximate surface area is 170 Å². The molecule has 1 aromatic carbocycles. The molecular weight excluding hydrogens is 366 g/mol. The van der Waals surface area contributed by atoms with Crippen LogP contribution in [0.4, 0.5) is 5.69 Å². The van der Waals surface area contributed by atoms with E-state index in [-0.39, 0.29) is 6.61 Å². The Morgan fingerprint density at radius 2 is 2.14 bits per heavy atom. The molecule has 3 aromatic rings. The van der Waals surface area contributed by atoms with Crippen LogP contribution in [0.3, 0.4) is 0 Å². The van der Waals surface area contributed by atoms with Crippen molar-refractivity contribution in [2.24, 2.45) is 5.92 Å². The average Bonchev–Trinajstić information content (AvgIpc) is 3.25. The monoisotopic (exact) mass is 391 g/mol. The molecule has 29 heavy (non-hydrogen) atoms. The van der Waals surface area contributed by atoms with Crippen LogP contribution in [-0.2, 0) is 0 Å². The highest BCUT2D eigenvalue weighted by Gasteiger charge is 2.21. The fraction of sp³-hybridized carbons (Fsp3) is 0.409. The fourth-order valence-corrected chi connectivity index (χ4v) is 3.98. The van der Waals surface area contributed by atoms with E-state index in [1.165, 1.54) is 0 Å². The highest BCUT2D eigenvalue weighted by atomic mass is 16.5. The molecule has 1 aliphatic rings. The first-order chi connectivity index (χ1) is 14.2. The Morgan fingerprint density at radius 1 is 1.31 bits per heavy atom. The molecule has 7 nitrogen and oxygen atoms in total. The zero-order chi connectivity index (χ0) is 20.2. The van der Waals surface area contributed by atoms with Gasteiger partial charge in [-0.1, -0.05) is 24.3 Å². The van der Waals surface area contributed by atoms with Crippen molar-refractivity contribution in [2.45, 2.75) is 19.8 Å². The van der Waals surface area contributed by atoms with E-state index in [1.54, 1.807) is 18.3 Å². The Hall–Kier alpha value is -2.95. The highest BCUT2D eigenvalue weighted by molar-refractivity contribution is 5.71. The maximum atomic E-state index is 9.20. The quantitative estimate of drug-likeness (QED) is 0.653. The Balaban J connectivity index is 1.59. The average molecular weight is 391 g/mol. The molecule has 0 radical (unpaired) electrons. The largest absolute Gasteiger partial charge is 0.464 e. The van der Waals surface area contributed by atoms with Crippen molar-refractivity contribution < 1.29 is 9.84 Å². The molecule has 0 spiro atoms. The van der Waals surface area contributed by atoms with Gasteiger partial charge in [0.2, 0.25) is 0 Å². The van der Waals surface area contributed by atoms with Gasteiger partial charge < -0.3 is 14.7 Å². The molecule has 3 heterocycles. The van der Waals surface area contributed by atoms with Crippen LogP contribution < -0.4 is 4.74 Å². The highest BCUT2D eigenvalue weighted by Crippen LogP contribution is 2.29. The van der Waals surface area contributed by atoms with Crippen LogP contribution in [-0.4, -0.2) is 57.2 Å². The number of hydrogen-bond donors (Lipinski definition) is 1. The SMILES string of the molecule is [C-]#[N+]c1ccc(-c2nc(OCC3CCCN(CCO)C3)n3ccnc3c2C)cc1. The third-order valence-corrected chi connectivity index (χ3v) is 5.48. The summed E-state index contributed by atoms with van der Waals surface area (Å²) in [5, 5.41) is 9.20. The third kappa shape index (κ3) is 4.09. The number of aromatic nitrogens is 3. The molecule has 0 amide bonds. The van der Waals surface area contributed by atoms with Crippen molar-refractivity contribution in [2.75, 3.05) is 32.8 Å². The van der Waals surface area contributed by atoms with Crippen molar-refractivity contribution in [3.8, 4) is 17.3 Å². The second kappa shape index (κ2) is 8.60. The van der Waals surface area contributed by atoms with Gasteiger partial charge in [-0.25, -0.2) is 9.83 Å². The number of imidazole rings is 1. The number of aliphatic hydroxyl groups is 1. The van der Waals surface area contributed by atoms with Gasteiger partial charge in [0.1, 0.15) is 5.65 Å². The number of rotatable bonds is 6. The van der Waals surface area contributed by atoms with Crippen LogP contribution >= 0.6 is 0 Å². The first-order valence-electron chi connectivity index (χ1n) is 9.97. The van der Waals surface area contributed by atoms with Gasteiger partial charge in [-0.3, -0.25) is 4.40 Å². The topological polar surface area (TPSA) is 67.2 Å². The summed E-state index contributed by atoms with van der Waals surface area (Å²) in [7, 11) is 0. The first kappa shape index (κ1) is 19.4. The van der Waals surface area contributed by atoms with E-state index in [9.17, 15) is 5.11 Å². The Kier molecular flexibility index (Phi) is 5.74. The van der Waals surface area contributed by atoms with Crippen LogP contribution in [0.1, 0.15) is 18.4 Å². The summed E-state index contributed by atoms with van der Waals surface area (Å²) in [6.07, 6.45) is 5.86. The number of aliphatic hydroxyl groups excluding tert-OH is 1. The standard InChI is InChI=1S/C22H25N5O2/c1-16-20(18-5-7-19(23-2)8-6-18)25-22(27-11-9-24-21(16)27)29-15-17-4-3-10-26(14-17)12-13-28/h5-9,11,17,28H,3-4,10,12-15H2,1H3. The van der Waals surface area contributed by atoms with E-state index in [0.29, 0.717) is 24.2 Å². The van der Waals surface area contributed by atoms with Crippen LogP contribution in [0.25, 0.3) is 21.7 Å². The number of ether oxygens (including phenoxy) is 1. The van der Waals surface area contributed by atoms with Crippen LogP contribution in [0, 0.1) is 19.4 Å². The summed E-state index contributed by atoms with van der Waals surface area (Å²) in [4.78, 5) is 15.0. The lowest BCUT2D eigenvalue weighted by Gasteiger charge is -2.31. The summed E-state index contributed by atoms with van der Waals surface area (Å²) < 4.78 is 8.07. The minimum absolute atomic E-state index is 0.193. The van der Waals surface area contributed by atoms with Gasteiger partial charge in [0, 0.05) is 37.0 Å². The number of aryl methyl sites for hydroxylation is 1. The number of nitrogens with zero attached hydrogens (tertiary/aromatic N) is 5. The van der Waals surface area contributed by atoms with Crippen molar-refractivity contribution in [1.82, 2.24) is 19.3 Å². The molecule has 1 saturated heterocycles. The number of piperidine rings is 1. The zero-order valence-corrected chi connectivity index (χ0v) is 16.6.